The summed E-state index contributed by atoms with van der Waals surface area (Å²) in [6.07, 6.45) is 1.62. The van der Waals surface area contributed by atoms with E-state index in [9.17, 15) is 9.59 Å². The lowest BCUT2D eigenvalue weighted by atomic mass is 10.0. The van der Waals surface area contributed by atoms with Crippen molar-refractivity contribution in [1.82, 2.24) is 15.5 Å². The van der Waals surface area contributed by atoms with Crippen molar-refractivity contribution in [2.45, 2.75) is 38.8 Å². The van der Waals surface area contributed by atoms with Gasteiger partial charge in [-0.1, -0.05) is 13.8 Å². The average Bonchev–Trinajstić information content (AvgIpc) is 2.37. The van der Waals surface area contributed by atoms with E-state index in [1.165, 1.54) is 7.11 Å². The molecule has 6 nitrogen and oxygen atoms in total. The number of likely N-dealkylation sites (tertiary alicyclic amines) is 1. The maximum Gasteiger partial charge on any atom is 0.248 e. The van der Waals surface area contributed by atoms with Crippen molar-refractivity contribution in [2.24, 2.45) is 0 Å². The van der Waals surface area contributed by atoms with Crippen LogP contribution in [0.2, 0.25) is 0 Å². The summed E-state index contributed by atoms with van der Waals surface area (Å²) in [5.41, 5.74) is 0. The molecule has 0 aromatic rings. The van der Waals surface area contributed by atoms with E-state index in [4.69, 9.17) is 4.74 Å². The summed E-state index contributed by atoms with van der Waals surface area (Å²) < 4.78 is 4.83. The van der Waals surface area contributed by atoms with E-state index in [0.29, 0.717) is 25.7 Å². The van der Waals surface area contributed by atoms with Gasteiger partial charge in [0.25, 0.3) is 0 Å². The van der Waals surface area contributed by atoms with E-state index in [-0.39, 0.29) is 24.5 Å². The standard InChI is InChI=1S/C13H25N3O3/c1-10(2)14-8-12(17)15-11-4-6-16(7-5-11)13(18)9-19-3/h10-11,14H,4-9H2,1-3H3,(H,15,17). The zero-order chi connectivity index (χ0) is 14.3. The van der Waals surface area contributed by atoms with E-state index in [1.807, 2.05) is 13.8 Å². The molecule has 0 bridgehead atoms. The molecule has 1 heterocycles. The molecule has 0 aromatic carbocycles. The van der Waals surface area contributed by atoms with Crippen molar-refractivity contribution < 1.29 is 14.3 Å². The molecule has 0 aromatic heterocycles. The predicted octanol–water partition coefficient (Wildman–Crippen LogP) is -0.262. The number of carbonyl (C=O) groups is 2. The van der Waals surface area contributed by atoms with Gasteiger partial charge >= 0.3 is 0 Å². The number of nitrogens with zero attached hydrogens (tertiary/aromatic N) is 1. The maximum atomic E-state index is 11.7. The third-order valence-electron chi connectivity index (χ3n) is 3.15. The Morgan fingerprint density at radius 3 is 2.47 bits per heavy atom. The molecule has 1 aliphatic heterocycles. The first-order valence-electron chi connectivity index (χ1n) is 6.82. The van der Waals surface area contributed by atoms with Crippen LogP contribution in [-0.2, 0) is 14.3 Å². The highest BCUT2D eigenvalue weighted by Crippen LogP contribution is 2.10. The first kappa shape index (κ1) is 15.9. The zero-order valence-corrected chi connectivity index (χ0v) is 12.1. The van der Waals surface area contributed by atoms with Crippen LogP contribution in [0.3, 0.4) is 0 Å². The summed E-state index contributed by atoms with van der Waals surface area (Å²) in [5, 5.41) is 6.08. The van der Waals surface area contributed by atoms with Crippen molar-refractivity contribution in [3.8, 4) is 0 Å². The minimum absolute atomic E-state index is 0.0220. The fraction of sp³-hybridized carbons (Fsp3) is 0.846. The second kappa shape index (κ2) is 8.12. The Kier molecular flexibility index (Phi) is 6.80. The molecular formula is C13H25N3O3. The van der Waals surface area contributed by atoms with Gasteiger partial charge < -0.3 is 20.3 Å². The Hall–Kier alpha value is -1.14. The molecule has 1 rings (SSSR count). The molecule has 1 fully saturated rings. The smallest absolute Gasteiger partial charge is 0.248 e. The summed E-state index contributed by atoms with van der Waals surface area (Å²) in [6, 6.07) is 0.479. The van der Waals surface area contributed by atoms with Gasteiger partial charge in [-0.25, -0.2) is 0 Å². The highest BCUT2D eigenvalue weighted by molar-refractivity contribution is 5.79. The van der Waals surface area contributed by atoms with Crippen LogP contribution < -0.4 is 10.6 Å². The van der Waals surface area contributed by atoms with Gasteiger partial charge in [0.2, 0.25) is 11.8 Å². The molecule has 0 atom stereocenters. The van der Waals surface area contributed by atoms with Crippen molar-refractivity contribution in [3.63, 3.8) is 0 Å². The van der Waals surface area contributed by atoms with Gasteiger partial charge in [0.1, 0.15) is 6.61 Å². The van der Waals surface area contributed by atoms with Gasteiger partial charge in [-0.15, -0.1) is 0 Å². The van der Waals surface area contributed by atoms with Crippen molar-refractivity contribution in [1.29, 1.82) is 0 Å². The van der Waals surface area contributed by atoms with E-state index in [1.54, 1.807) is 4.90 Å². The van der Waals surface area contributed by atoms with E-state index in [0.717, 1.165) is 12.8 Å². The predicted molar refractivity (Wildman–Crippen MR) is 72.8 cm³/mol. The van der Waals surface area contributed by atoms with Gasteiger partial charge in [-0.05, 0) is 12.8 Å². The lowest BCUT2D eigenvalue weighted by molar-refractivity contribution is -0.136. The second-order valence-electron chi connectivity index (χ2n) is 5.19. The topological polar surface area (TPSA) is 70.7 Å². The van der Waals surface area contributed by atoms with Crippen LogP contribution in [0.5, 0.6) is 0 Å². The number of ether oxygens (including phenoxy) is 1. The quantitative estimate of drug-likeness (QED) is 0.698. The van der Waals surface area contributed by atoms with Crippen LogP contribution in [-0.4, -0.2) is 62.1 Å². The van der Waals surface area contributed by atoms with Gasteiger partial charge in [0.15, 0.2) is 0 Å². The first-order chi connectivity index (χ1) is 9.02. The average molecular weight is 271 g/mol. The van der Waals surface area contributed by atoms with Gasteiger partial charge in [-0.3, -0.25) is 9.59 Å². The molecule has 0 saturated carbocycles. The summed E-state index contributed by atoms with van der Waals surface area (Å²) in [4.78, 5) is 25.1. The van der Waals surface area contributed by atoms with E-state index < -0.39 is 0 Å². The number of hydrogen-bond acceptors (Lipinski definition) is 4. The number of rotatable bonds is 6. The van der Waals surface area contributed by atoms with Crippen molar-refractivity contribution in [2.75, 3.05) is 33.4 Å². The molecule has 0 radical (unpaired) electrons. The second-order valence-corrected chi connectivity index (χ2v) is 5.19. The van der Waals surface area contributed by atoms with Crippen LogP contribution in [0.1, 0.15) is 26.7 Å². The Morgan fingerprint density at radius 2 is 1.95 bits per heavy atom. The maximum absolute atomic E-state index is 11.7. The van der Waals surface area contributed by atoms with Gasteiger partial charge in [0, 0.05) is 32.3 Å². The molecule has 2 amide bonds. The molecule has 0 spiro atoms. The van der Waals surface area contributed by atoms with Crippen molar-refractivity contribution in [3.05, 3.63) is 0 Å². The molecule has 0 unspecified atom stereocenters. The fourth-order valence-electron chi connectivity index (χ4n) is 2.06. The molecule has 1 aliphatic rings. The molecule has 0 aliphatic carbocycles. The lowest BCUT2D eigenvalue weighted by Crippen LogP contribution is -2.49. The van der Waals surface area contributed by atoms with Crippen LogP contribution in [0.25, 0.3) is 0 Å². The monoisotopic (exact) mass is 271 g/mol. The van der Waals surface area contributed by atoms with Crippen LogP contribution in [0, 0.1) is 0 Å². The van der Waals surface area contributed by atoms with Crippen LogP contribution in [0.15, 0.2) is 0 Å². The fourth-order valence-corrected chi connectivity index (χ4v) is 2.06. The Morgan fingerprint density at radius 1 is 1.32 bits per heavy atom. The zero-order valence-electron chi connectivity index (χ0n) is 12.1. The highest BCUT2D eigenvalue weighted by Gasteiger charge is 2.23. The summed E-state index contributed by atoms with van der Waals surface area (Å²) in [5.74, 6) is 0.0455. The number of hydrogen-bond donors (Lipinski definition) is 2. The Balaban J connectivity index is 2.22. The Labute approximate surface area is 114 Å². The normalized spacial score (nSPS) is 16.7. The number of methoxy groups -OCH3 is 1. The Bertz CT molecular complexity index is 300. The van der Waals surface area contributed by atoms with E-state index in [2.05, 4.69) is 10.6 Å². The SMILES string of the molecule is COCC(=O)N1CCC(NC(=O)CNC(C)C)CC1. The highest BCUT2D eigenvalue weighted by atomic mass is 16.5. The minimum Gasteiger partial charge on any atom is -0.375 e. The first-order valence-corrected chi connectivity index (χ1v) is 6.82. The van der Waals surface area contributed by atoms with Crippen molar-refractivity contribution >= 4 is 11.8 Å². The number of amides is 2. The third kappa shape index (κ3) is 6.02. The van der Waals surface area contributed by atoms with Crippen LogP contribution >= 0.6 is 0 Å². The summed E-state index contributed by atoms with van der Waals surface area (Å²) in [6.45, 7) is 5.87. The molecule has 2 N–H and O–H groups in total. The molecule has 110 valence electrons. The van der Waals surface area contributed by atoms with Gasteiger partial charge in [-0.2, -0.15) is 0 Å². The minimum atomic E-state index is 0.0220. The lowest BCUT2D eigenvalue weighted by Gasteiger charge is -2.32. The number of nitrogens with one attached hydrogen (secondary N) is 2. The third-order valence-corrected chi connectivity index (χ3v) is 3.15. The van der Waals surface area contributed by atoms with E-state index >= 15 is 0 Å². The molecule has 1 saturated heterocycles. The number of carbonyl (C=O) groups excluding carboxylic acids is 2. The summed E-state index contributed by atoms with van der Waals surface area (Å²) >= 11 is 0. The van der Waals surface area contributed by atoms with Crippen LogP contribution in [0.4, 0.5) is 0 Å². The molecule has 6 heteroatoms. The summed E-state index contributed by atoms with van der Waals surface area (Å²) in [7, 11) is 1.52. The largest absolute Gasteiger partial charge is 0.375 e. The number of piperidine rings is 1. The molecular weight excluding hydrogens is 246 g/mol. The molecule has 19 heavy (non-hydrogen) atoms. The van der Waals surface area contributed by atoms with Gasteiger partial charge in [0.05, 0.1) is 6.54 Å².